The molecule has 1 aromatic heterocycles. The van der Waals surface area contributed by atoms with Gasteiger partial charge in [-0.25, -0.2) is 22.2 Å². The van der Waals surface area contributed by atoms with Crippen LogP contribution in [0.2, 0.25) is 0 Å². The molecule has 0 amide bonds. The number of hydrogen-bond donors (Lipinski definition) is 1. The van der Waals surface area contributed by atoms with Gasteiger partial charge in [0.2, 0.25) is 0 Å². The molecule has 0 saturated heterocycles. The summed E-state index contributed by atoms with van der Waals surface area (Å²) in [5, 5.41) is 11.4. The van der Waals surface area contributed by atoms with E-state index in [9.17, 15) is 22.5 Å². The third-order valence-electron chi connectivity index (χ3n) is 4.35. The molecule has 160 valence electrons. The number of sulfonamides is 1. The number of nitriles is 1. The highest BCUT2D eigenvalue weighted by molar-refractivity contribution is 7.93. The fraction of sp³-hybridized carbons (Fsp3) is 0. The number of nitrogens with one attached hydrogen (secondary N) is 1. The Balaban J connectivity index is 1.69. The predicted octanol–water partition coefficient (Wildman–Crippen LogP) is 5.55. The van der Waals surface area contributed by atoms with Crippen LogP contribution in [0.3, 0.4) is 0 Å². The first-order valence-electron chi connectivity index (χ1n) is 9.05. The molecule has 10 heteroatoms. The first-order valence-corrected chi connectivity index (χ1v) is 11.4. The van der Waals surface area contributed by atoms with E-state index in [1.807, 2.05) is 6.07 Å². The number of ether oxygens (including phenoxy) is 1. The number of hydrogen-bond acceptors (Lipinski definition) is 6. The van der Waals surface area contributed by atoms with Crippen molar-refractivity contribution in [2.45, 2.75) is 4.90 Å². The van der Waals surface area contributed by atoms with Crippen LogP contribution in [-0.2, 0) is 10.0 Å². The minimum atomic E-state index is -3.96. The van der Waals surface area contributed by atoms with E-state index in [0.717, 1.165) is 11.3 Å². The predicted molar refractivity (Wildman–Crippen MR) is 116 cm³/mol. The van der Waals surface area contributed by atoms with Crippen molar-refractivity contribution in [2.24, 2.45) is 0 Å². The third kappa shape index (κ3) is 4.59. The summed E-state index contributed by atoms with van der Waals surface area (Å²) < 4.78 is 60.5. The zero-order valence-corrected chi connectivity index (χ0v) is 17.8. The van der Waals surface area contributed by atoms with Gasteiger partial charge in [0.1, 0.15) is 29.2 Å². The molecule has 0 atom stereocenters. The highest BCUT2D eigenvalue weighted by atomic mass is 32.2. The van der Waals surface area contributed by atoms with Crippen LogP contribution in [0.15, 0.2) is 77.1 Å². The molecule has 4 aromatic rings. The maximum absolute atomic E-state index is 13.9. The standard InChI is InChI=1S/C22H13F2N3O3S2/c23-16-3-1-14(2-4-16)19-12-17(24)5-7-21(19)30-20-8-6-18(11-15(20)13-25)32(28,29)27-22-26-9-10-31-22/h1-12H,(H,26,27). The van der Waals surface area contributed by atoms with Crippen LogP contribution in [0.1, 0.15) is 5.56 Å². The van der Waals surface area contributed by atoms with Gasteiger partial charge in [-0.05, 0) is 54.1 Å². The zero-order valence-electron chi connectivity index (χ0n) is 16.1. The van der Waals surface area contributed by atoms with Gasteiger partial charge in [0.25, 0.3) is 10.0 Å². The number of anilines is 1. The number of thiazole rings is 1. The maximum atomic E-state index is 13.9. The van der Waals surface area contributed by atoms with Gasteiger partial charge < -0.3 is 4.74 Å². The molecule has 0 aliphatic carbocycles. The lowest BCUT2D eigenvalue weighted by atomic mass is 10.0. The van der Waals surface area contributed by atoms with E-state index >= 15 is 0 Å². The van der Waals surface area contributed by atoms with E-state index in [1.54, 1.807) is 5.38 Å². The Kier molecular flexibility index (Phi) is 5.85. The largest absolute Gasteiger partial charge is 0.455 e. The van der Waals surface area contributed by atoms with Crippen molar-refractivity contribution in [1.82, 2.24) is 4.98 Å². The maximum Gasteiger partial charge on any atom is 0.263 e. The number of halogens is 2. The zero-order chi connectivity index (χ0) is 22.7. The van der Waals surface area contributed by atoms with Crippen LogP contribution < -0.4 is 9.46 Å². The molecule has 1 heterocycles. The molecule has 1 N–H and O–H groups in total. The second kappa shape index (κ2) is 8.74. The lowest BCUT2D eigenvalue weighted by Crippen LogP contribution is -2.13. The first-order chi connectivity index (χ1) is 15.4. The molecule has 0 aliphatic heterocycles. The highest BCUT2D eigenvalue weighted by Crippen LogP contribution is 2.36. The van der Waals surface area contributed by atoms with E-state index in [0.29, 0.717) is 11.1 Å². The van der Waals surface area contributed by atoms with E-state index in [4.69, 9.17) is 4.74 Å². The molecule has 3 aromatic carbocycles. The van der Waals surface area contributed by atoms with Gasteiger partial charge in [-0.15, -0.1) is 11.3 Å². The highest BCUT2D eigenvalue weighted by Gasteiger charge is 2.19. The summed E-state index contributed by atoms with van der Waals surface area (Å²) >= 11 is 1.12. The van der Waals surface area contributed by atoms with Crippen LogP contribution in [0, 0.1) is 23.0 Å². The summed E-state index contributed by atoms with van der Waals surface area (Å²) in [6.07, 6.45) is 1.46. The molecular weight excluding hydrogens is 456 g/mol. The van der Waals surface area contributed by atoms with Crippen molar-refractivity contribution in [3.63, 3.8) is 0 Å². The first kappa shape index (κ1) is 21.4. The quantitative estimate of drug-likeness (QED) is 0.400. The van der Waals surface area contributed by atoms with Crippen molar-refractivity contribution < 1.29 is 21.9 Å². The van der Waals surface area contributed by atoms with Crippen molar-refractivity contribution >= 4 is 26.5 Å². The van der Waals surface area contributed by atoms with E-state index in [-0.39, 0.29) is 27.1 Å². The molecule has 0 fully saturated rings. The van der Waals surface area contributed by atoms with Gasteiger partial charge in [0.05, 0.1) is 10.5 Å². The summed E-state index contributed by atoms with van der Waals surface area (Å²) in [6, 6.07) is 14.9. The van der Waals surface area contributed by atoms with Crippen LogP contribution in [0.4, 0.5) is 13.9 Å². The summed E-state index contributed by atoms with van der Waals surface area (Å²) in [5.41, 5.74) is 0.809. The number of aromatic nitrogens is 1. The average molecular weight is 469 g/mol. The van der Waals surface area contributed by atoms with E-state index in [1.165, 1.54) is 66.9 Å². The van der Waals surface area contributed by atoms with Crippen molar-refractivity contribution in [3.05, 3.63) is 89.4 Å². The fourth-order valence-electron chi connectivity index (χ4n) is 2.87. The summed E-state index contributed by atoms with van der Waals surface area (Å²) in [6.45, 7) is 0. The molecule has 0 radical (unpaired) electrons. The Morgan fingerprint density at radius 1 is 0.969 bits per heavy atom. The monoisotopic (exact) mass is 469 g/mol. The minimum absolute atomic E-state index is 0.0404. The Hall–Kier alpha value is -3.81. The third-order valence-corrected chi connectivity index (χ3v) is 6.51. The minimum Gasteiger partial charge on any atom is -0.455 e. The van der Waals surface area contributed by atoms with Crippen molar-refractivity contribution in [1.29, 1.82) is 5.26 Å². The van der Waals surface area contributed by atoms with Crippen molar-refractivity contribution in [3.8, 4) is 28.7 Å². The molecule has 0 saturated carbocycles. The molecule has 0 spiro atoms. The summed E-state index contributed by atoms with van der Waals surface area (Å²) in [7, 11) is -3.96. The molecule has 0 aliphatic rings. The molecule has 32 heavy (non-hydrogen) atoms. The number of benzene rings is 3. The Bertz CT molecular complexity index is 1420. The van der Waals surface area contributed by atoms with Crippen molar-refractivity contribution in [2.75, 3.05) is 4.72 Å². The average Bonchev–Trinajstić information content (AvgIpc) is 3.28. The van der Waals surface area contributed by atoms with Gasteiger partial charge in [0.15, 0.2) is 5.13 Å². The molecular formula is C22H13F2N3O3S2. The molecule has 4 rings (SSSR count). The van der Waals surface area contributed by atoms with Gasteiger partial charge in [-0.3, -0.25) is 4.72 Å². The van der Waals surface area contributed by atoms with Gasteiger partial charge in [-0.1, -0.05) is 12.1 Å². The Labute approximate surface area is 186 Å². The van der Waals surface area contributed by atoms with Gasteiger partial charge >= 0.3 is 0 Å². The topological polar surface area (TPSA) is 92.1 Å². The second-order valence-electron chi connectivity index (χ2n) is 6.46. The van der Waals surface area contributed by atoms with Crippen LogP contribution in [-0.4, -0.2) is 13.4 Å². The van der Waals surface area contributed by atoms with Crippen LogP contribution in [0.25, 0.3) is 11.1 Å². The Morgan fingerprint density at radius 3 is 2.38 bits per heavy atom. The molecule has 6 nitrogen and oxygen atoms in total. The Morgan fingerprint density at radius 2 is 1.69 bits per heavy atom. The summed E-state index contributed by atoms with van der Waals surface area (Å²) in [5.74, 6) is -0.670. The normalized spacial score (nSPS) is 11.0. The van der Waals surface area contributed by atoms with Gasteiger partial charge in [-0.2, -0.15) is 5.26 Å². The van der Waals surface area contributed by atoms with Crippen LogP contribution in [0.5, 0.6) is 11.5 Å². The second-order valence-corrected chi connectivity index (χ2v) is 9.04. The molecule has 0 bridgehead atoms. The van der Waals surface area contributed by atoms with Crippen LogP contribution >= 0.6 is 11.3 Å². The summed E-state index contributed by atoms with van der Waals surface area (Å²) in [4.78, 5) is 3.73. The van der Waals surface area contributed by atoms with E-state index in [2.05, 4.69) is 9.71 Å². The number of rotatable bonds is 6. The smallest absolute Gasteiger partial charge is 0.263 e. The number of nitrogens with zero attached hydrogens (tertiary/aromatic N) is 2. The molecule has 0 unspecified atom stereocenters. The lowest BCUT2D eigenvalue weighted by Gasteiger charge is -2.14. The fourth-order valence-corrected chi connectivity index (χ4v) is 4.68. The van der Waals surface area contributed by atoms with E-state index < -0.39 is 21.7 Å². The van der Waals surface area contributed by atoms with Gasteiger partial charge in [0, 0.05) is 17.1 Å². The SMILES string of the molecule is N#Cc1cc(S(=O)(=O)Nc2nccs2)ccc1Oc1ccc(F)cc1-c1ccc(F)cc1. The lowest BCUT2D eigenvalue weighted by molar-refractivity contribution is 0.480.